The van der Waals surface area contributed by atoms with Crippen molar-refractivity contribution in [2.45, 2.75) is 25.0 Å². The first-order valence-electron chi connectivity index (χ1n) is 8.26. The molecule has 2 aromatic rings. The van der Waals surface area contributed by atoms with Crippen LogP contribution in [0.4, 0.5) is 4.39 Å². The number of ether oxygens (including phenoxy) is 1. The summed E-state index contributed by atoms with van der Waals surface area (Å²) in [6.07, 6.45) is 3.32. The molecule has 1 saturated carbocycles. The smallest absolute Gasteiger partial charge is 0.292 e. The largest absolute Gasteiger partial charge is 0.494 e. The van der Waals surface area contributed by atoms with Crippen molar-refractivity contribution in [2.24, 2.45) is 5.92 Å². The standard InChI is InChI=1S/C19H19FN2O4/c1-26-16-5-4-11(9-15(16)20)17(13-7-14(23)8-13)22-19(25)18(24)12-3-2-6-21-10-12/h2-6,9-10,13-14,17,23H,7-8H2,1H3,(H,22,25)/t13?,14?,17-/m1/s1. The number of amides is 1. The van der Waals surface area contributed by atoms with Crippen LogP contribution in [-0.4, -0.2) is 35.0 Å². The predicted molar refractivity (Wildman–Crippen MR) is 91.1 cm³/mol. The molecule has 136 valence electrons. The Labute approximate surface area is 150 Å². The zero-order chi connectivity index (χ0) is 18.7. The molecule has 1 amide bonds. The molecule has 1 aromatic carbocycles. The van der Waals surface area contributed by atoms with E-state index in [1.54, 1.807) is 12.1 Å². The first-order chi connectivity index (χ1) is 12.5. The second kappa shape index (κ2) is 7.61. The number of methoxy groups -OCH3 is 1. The van der Waals surface area contributed by atoms with Gasteiger partial charge in [0.1, 0.15) is 0 Å². The number of aromatic nitrogens is 1. The number of rotatable bonds is 6. The first kappa shape index (κ1) is 18.0. The predicted octanol–water partition coefficient (Wildman–Crippen LogP) is 2.04. The first-order valence-corrected chi connectivity index (χ1v) is 8.26. The van der Waals surface area contributed by atoms with Crippen LogP contribution in [0, 0.1) is 11.7 Å². The van der Waals surface area contributed by atoms with E-state index in [4.69, 9.17) is 4.74 Å². The zero-order valence-electron chi connectivity index (χ0n) is 14.2. The Morgan fingerprint density at radius 2 is 2.12 bits per heavy atom. The van der Waals surface area contributed by atoms with Crippen molar-refractivity contribution in [1.82, 2.24) is 10.3 Å². The Hall–Kier alpha value is -2.80. The van der Waals surface area contributed by atoms with Crippen molar-refractivity contribution < 1.29 is 23.8 Å². The van der Waals surface area contributed by atoms with Gasteiger partial charge in [0, 0.05) is 18.0 Å². The van der Waals surface area contributed by atoms with Gasteiger partial charge in [-0.25, -0.2) is 4.39 Å². The van der Waals surface area contributed by atoms with Gasteiger partial charge in [-0.05, 0) is 48.6 Å². The second-order valence-corrected chi connectivity index (χ2v) is 6.30. The highest BCUT2D eigenvalue weighted by Gasteiger charge is 2.37. The van der Waals surface area contributed by atoms with E-state index in [9.17, 15) is 19.1 Å². The molecular formula is C19H19FN2O4. The lowest BCUT2D eigenvalue weighted by Crippen LogP contribution is -2.43. The molecule has 3 rings (SSSR count). The highest BCUT2D eigenvalue weighted by atomic mass is 19.1. The van der Waals surface area contributed by atoms with Crippen LogP contribution in [-0.2, 0) is 4.79 Å². The van der Waals surface area contributed by atoms with Gasteiger partial charge in [-0.15, -0.1) is 0 Å². The molecule has 0 aliphatic heterocycles. The molecule has 6 nitrogen and oxygen atoms in total. The van der Waals surface area contributed by atoms with Gasteiger partial charge in [0.05, 0.1) is 19.3 Å². The Morgan fingerprint density at radius 1 is 1.35 bits per heavy atom. The van der Waals surface area contributed by atoms with Crippen LogP contribution in [0.3, 0.4) is 0 Å². The SMILES string of the molecule is COc1ccc([C@@H](NC(=O)C(=O)c2cccnc2)C2CC(O)C2)cc1F. The minimum absolute atomic E-state index is 0.0801. The van der Waals surface area contributed by atoms with Gasteiger partial charge < -0.3 is 15.2 Å². The molecule has 1 aliphatic carbocycles. The molecule has 0 spiro atoms. The maximum Gasteiger partial charge on any atom is 0.292 e. The van der Waals surface area contributed by atoms with E-state index in [0.29, 0.717) is 18.4 Å². The molecule has 1 aromatic heterocycles. The van der Waals surface area contributed by atoms with Gasteiger partial charge in [0.25, 0.3) is 11.7 Å². The maximum atomic E-state index is 14.1. The third-order valence-electron chi connectivity index (χ3n) is 4.57. The van der Waals surface area contributed by atoms with Crippen LogP contribution in [0.15, 0.2) is 42.7 Å². The second-order valence-electron chi connectivity index (χ2n) is 6.30. The minimum Gasteiger partial charge on any atom is -0.494 e. The number of halogens is 1. The molecular weight excluding hydrogens is 339 g/mol. The molecule has 0 unspecified atom stereocenters. The number of carbonyl (C=O) groups excluding carboxylic acids is 2. The van der Waals surface area contributed by atoms with Gasteiger partial charge in [-0.2, -0.15) is 0 Å². The van der Waals surface area contributed by atoms with Gasteiger partial charge >= 0.3 is 0 Å². The average Bonchev–Trinajstić information content (AvgIpc) is 2.63. The molecule has 0 saturated heterocycles. The van der Waals surface area contributed by atoms with Crippen molar-refractivity contribution in [3.63, 3.8) is 0 Å². The average molecular weight is 358 g/mol. The van der Waals surface area contributed by atoms with Crippen LogP contribution in [0.2, 0.25) is 0 Å². The Balaban J connectivity index is 1.82. The lowest BCUT2D eigenvalue weighted by atomic mass is 9.75. The number of aliphatic hydroxyl groups excluding tert-OH is 1. The summed E-state index contributed by atoms with van der Waals surface area (Å²) < 4.78 is 19.0. The fraction of sp³-hybridized carbons (Fsp3) is 0.316. The number of aliphatic hydroxyl groups is 1. The monoisotopic (exact) mass is 358 g/mol. The number of pyridine rings is 1. The van der Waals surface area contributed by atoms with Crippen molar-refractivity contribution >= 4 is 11.7 Å². The van der Waals surface area contributed by atoms with Crippen LogP contribution in [0.1, 0.15) is 34.8 Å². The summed E-state index contributed by atoms with van der Waals surface area (Å²) in [5, 5.41) is 12.3. The highest BCUT2D eigenvalue weighted by molar-refractivity contribution is 6.42. The lowest BCUT2D eigenvalue weighted by molar-refractivity contribution is -0.118. The molecule has 1 atom stereocenters. The summed E-state index contributed by atoms with van der Waals surface area (Å²) in [5.74, 6) is -2.04. The number of nitrogens with zero attached hydrogens (tertiary/aromatic N) is 1. The Morgan fingerprint density at radius 3 is 2.69 bits per heavy atom. The number of nitrogens with one attached hydrogen (secondary N) is 1. The minimum atomic E-state index is -0.791. The fourth-order valence-corrected chi connectivity index (χ4v) is 3.09. The molecule has 0 radical (unpaired) electrons. The normalized spacial score (nSPS) is 20.0. The number of hydrogen-bond donors (Lipinski definition) is 2. The van der Waals surface area contributed by atoms with Crippen molar-refractivity contribution in [3.8, 4) is 5.75 Å². The fourth-order valence-electron chi connectivity index (χ4n) is 3.09. The highest BCUT2D eigenvalue weighted by Crippen LogP contribution is 2.39. The molecule has 26 heavy (non-hydrogen) atoms. The van der Waals surface area contributed by atoms with E-state index in [0.717, 1.165) is 0 Å². The molecule has 2 N–H and O–H groups in total. The van der Waals surface area contributed by atoms with E-state index < -0.39 is 29.7 Å². The summed E-state index contributed by atoms with van der Waals surface area (Å²) >= 11 is 0. The third kappa shape index (κ3) is 3.72. The topological polar surface area (TPSA) is 88.5 Å². The van der Waals surface area contributed by atoms with Crippen molar-refractivity contribution in [2.75, 3.05) is 7.11 Å². The number of carbonyl (C=O) groups is 2. The van der Waals surface area contributed by atoms with Gasteiger partial charge in [0.2, 0.25) is 0 Å². The summed E-state index contributed by atoms with van der Waals surface area (Å²) in [4.78, 5) is 28.5. The number of ketones is 1. The zero-order valence-corrected chi connectivity index (χ0v) is 14.2. The quantitative estimate of drug-likeness (QED) is 0.609. The lowest BCUT2D eigenvalue weighted by Gasteiger charge is -2.38. The van der Waals surface area contributed by atoms with E-state index >= 15 is 0 Å². The number of benzene rings is 1. The van der Waals surface area contributed by atoms with Gasteiger partial charge in [0.15, 0.2) is 11.6 Å². The van der Waals surface area contributed by atoms with Crippen molar-refractivity contribution in [1.29, 1.82) is 0 Å². The summed E-state index contributed by atoms with van der Waals surface area (Å²) in [6, 6.07) is 6.90. The third-order valence-corrected chi connectivity index (χ3v) is 4.57. The number of Topliss-reactive ketones (excluding diaryl/α,β-unsaturated/α-hetero) is 1. The molecule has 1 heterocycles. The van der Waals surface area contributed by atoms with Crippen molar-refractivity contribution in [3.05, 3.63) is 59.7 Å². The van der Waals surface area contributed by atoms with Crippen LogP contribution >= 0.6 is 0 Å². The van der Waals surface area contributed by atoms with E-state index in [1.807, 2.05) is 0 Å². The van der Waals surface area contributed by atoms with Gasteiger partial charge in [-0.3, -0.25) is 14.6 Å². The Bertz CT molecular complexity index is 806. The molecule has 1 fully saturated rings. The van der Waals surface area contributed by atoms with E-state index in [-0.39, 0.29) is 17.2 Å². The summed E-state index contributed by atoms with van der Waals surface area (Å²) in [7, 11) is 1.37. The Kier molecular flexibility index (Phi) is 5.27. The van der Waals surface area contributed by atoms with Crippen LogP contribution in [0.5, 0.6) is 5.75 Å². The maximum absolute atomic E-state index is 14.1. The van der Waals surface area contributed by atoms with E-state index in [2.05, 4.69) is 10.3 Å². The molecule has 7 heteroatoms. The number of hydrogen-bond acceptors (Lipinski definition) is 5. The summed E-state index contributed by atoms with van der Waals surface area (Å²) in [5.41, 5.74) is 0.700. The van der Waals surface area contributed by atoms with Crippen LogP contribution in [0.25, 0.3) is 0 Å². The summed E-state index contributed by atoms with van der Waals surface area (Å²) in [6.45, 7) is 0. The molecule has 0 bridgehead atoms. The van der Waals surface area contributed by atoms with E-state index in [1.165, 1.54) is 37.7 Å². The van der Waals surface area contributed by atoms with Gasteiger partial charge in [-0.1, -0.05) is 6.07 Å². The van der Waals surface area contributed by atoms with Crippen LogP contribution < -0.4 is 10.1 Å². The molecule has 1 aliphatic rings.